The Hall–Kier alpha value is -2.83. The van der Waals surface area contributed by atoms with E-state index in [2.05, 4.69) is 31.1 Å². The predicted molar refractivity (Wildman–Crippen MR) is 148 cm³/mol. The van der Waals surface area contributed by atoms with E-state index in [0.717, 1.165) is 39.0 Å². The minimum Gasteiger partial charge on any atom is -0.325 e. The van der Waals surface area contributed by atoms with Crippen molar-refractivity contribution in [3.05, 3.63) is 48.5 Å². The van der Waals surface area contributed by atoms with Gasteiger partial charge in [-0.2, -0.15) is 0 Å². The third-order valence-electron chi connectivity index (χ3n) is 5.39. The summed E-state index contributed by atoms with van der Waals surface area (Å²) < 4.78 is 26.0. The number of benzene rings is 2. The Morgan fingerprint density at radius 3 is 1.32 bits per heavy atom. The van der Waals surface area contributed by atoms with Crippen LogP contribution in [0.15, 0.2) is 58.3 Å². The molecule has 0 radical (unpaired) electrons. The summed E-state index contributed by atoms with van der Waals surface area (Å²) in [6, 6.07) is 12.1. The summed E-state index contributed by atoms with van der Waals surface area (Å²) in [4.78, 5) is 28.6. The minimum absolute atomic E-state index is 0.117. The Labute approximate surface area is 220 Å². The second-order valence-electron chi connectivity index (χ2n) is 9.32. The Bertz CT molecular complexity index is 1010. The van der Waals surface area contributed by atoms with Crippen molar-refractivity contribution < 1.29 is 18.0 Å². The Morgan fingerprint density at radius 1 is 0.649 bits per heavy atom. The molecule has 0 atom stereocenters. The highest BCUT2D eigenvalue weighted by Crippen LogP contribution is 2.23. The van der Waals surface area contributed by atoms with Crippen LogP contribution in [0, 0.1) is 0 Å². The molecule has 0 aliphatic carbocycles. The van der Waals surface area contributed by atoms with Crippen LogP contribution >= 0.6 is 0 Å². The lowest BCUT2D eigenvalue weighted by Crippen LogP contribution is -2.30. The number of anilines is 2. The van der Waals surface area contributed by atoms with E-state index in [4.69, 9.17) is 0 Å². The topological polar surface area (TPSA) is 123 Å². The van der Waals surface area contributed by atoms with E-state index in [1.807, 2.05) is 28.2 Å². The molecule has 0 aliphatic heterocycles. The summed E-state index contributed by atoms with van der Waals surface area (Å²) in [5.41, 5.74) is 1.04. The monoisotopic (exact) mass is 532 g/mol. The zero-order valence-corrected chi connectivity index (χ0v) is 23.0. The number of carbonyl (C=O) groups excluding carboxylic acids is 2. The maximum Gasteiger partial charge on any atom is 0.238 e. The first-order chi connectivity index (χ1) is 17.6. The van der Waals surface area contributed by atoms with Crippen LogP contribution in [0.3, 0.4) is 0 Å². The second kappa shape index (κ2) is 15.4. The summed E-state index contributed by atoms with van der Waals surface area (Å²) >= 11 is 0. The number of amides is 2. The molecule has 2 amide bonds. The molecule has 0 saturated heterocycles. The van der Waals surface area contributed by atoms with Crippen molar-refractivity contribution in [3.63, 3.8) is 0 Å². The molecule has 204 valence electrons. The van der Waals surface area contributed by atoms with E-state index < -0.39 is 9.84 Å². The van der Waals surface area contributed by atoms with Gasteiger partial charge in [0.1, 0.15) is 0 Å². The number of hydrogen-bond acceptors (Lipinski definition) is 8. The molecule has 0 bridgehead atoms. The van der Waals surface area contributed by atoms with Crippen molar-refractivity contribution in [1.82, 2.24) is 20.4 Å². The zero-order valence-electron chi connectivity index (χ0n) is 22.2. The molecule has 0 heterocycles. The van der Waals surface area contributed by atoms with Gasteiger partial charge in [0.2, 0.25) is 21.7 Å². The van der Waals surface area contributed by atoms with E-state index in [9.17, 15) is 18.0 Å². The van der Waals surface area contributed by atoms with Crippen molar-refractivity contribution in [2.45, 2.75) is 22.6 Å². The lowest BCUT2D eigenvalue weighted by atomic mass is 10.3. The van der Waals surface area contributed by atoms with Crippen molar-refractivity contribution in [3.8, 4) is 0 Å². The molecule has 2 aromatic carbocycles. The second-order valence-corrected chi connectivity index (χ2v) is 11.3. The summed E-state index contributed by atoms with van der Waals surface area (Å²) in [5.74, 6) is -0.385. The van der Waals surface area contributed by atoms with Crippen LogP contribution in [0.4, 0.5) is 11.4 Å². The SMILES string of the molecule is CN(C)CCCNCC(=O)Nc1ccc(S(=O)(=O)c2ccc(NC(=O)CNCCCN(C)C)cc2)cc1. The molecule has 0 aromatic heterocycles. The number of hydrogen-bond donors (Lipinski definition) is 4. The third kappa shape index (κ3) is 11.4. The van der Waals surface area contributed by atoms with E-state index >= 15 is 0 Å². The maximum absolute atomic E-state index is 13.0. The van der Waals surface area contributed by atoms with Crippen LogP contribution in [-0.4, -0.2) is 97.5 Å². The van der Waals surface area contributed by atoms with Crippen molar-refractivity contribution >= 4 is 33.0 Å². The van der Waals surface area contributed by atoms with Crippen LogP contribution < -0.4 is 21.3 Å². The lowest BCUT2D eigenvalue weighted by Gasteiger charge is -2.11. The fourth-order valence-corrected chi connectivity index (χ4v) is 4.69. The molecule has 11 heteroatoms. The quantitative estimate of drug-likeness (QED) is 0.240. The van der Waals surface area contributed by atoms with Crippen LogP contribution in [-0.2, 0) is 19.4 Å². The van der Waals surface area contributed by atoms with E-state index in [1.54, 1.807) is 24.3 Å². The Morgan fingerprint density at radius 2 is 1.00 bits per heavy atom. The lowest BCUT2D eigenvalue weighted by molar-refractivity contribution is -0.116. The fourth-order valence-electron chi connectivity index (χ4n) is 3.43. The average molecular weight is 533 g/mol. The van der Waals surface area contributed by atoms with Crippen molar-refractivity contribution in [1.29, 1.82) is 0 Å². The molecule has 0 saturated carbocycles. The van der Waals surface area contributed by atoms with Gasteiger partial charge in [-0.1, -0.05) is 0 Å². The highest BCUT2D eigenvalue weighted by Gasteiger charge is 2.18. The van der Waals surface area contributed by atoms with Gasteiger partial charge in [-0.3, -0.25) is 9.59 Å². The Kier molecular flexibility index (Phi) is 12.7. The maximum atomic E-state index is 13.0. The highest BCUT2D eigenvalue weighted by molar-refractivity contribution is 7.91. The molecule has 2 aromatic rings. The van der Waals surface area contributed by atoms with E-state index in [1.165, 1.54) is 24.3 Å². The van der Waals surface area contributed by atoms with Gasteiger partial charge in [0, 0.05) is 11.4 Å². The van der Waals surface area contributed by atoms with E-state index in [-0.39, 0.29) is 34.7 Å². The number of nitrogens with zero attached hydrogens (tertiary/aromatic N) is 2. The molecular formula is C26H40N6O4S. The van der Waals surface area contributed by atoms with Gasteiger partial charge in [-0.05, 0) is 116 Å². The third-order valence-corrected chi connectivity index (χ3v) is 7.17. The first-order valence-electron chi connectivity index (χ1n) is 12.3. The zero-order chi connectivity index (χ0) is 27.3. The number of sulfone groups is 1. The summed E-state index contributed by atoms with van der Waals surface area (Å²) in [5, 5.41) is 11.7. The number of nitrogens with one attached hydrogen (secondary N) is 4. The summed E-state index contributed by atoms with van der Waals surface area (Å²) in [7, 11) is 4.26. The van der Waals surface area contributed by atoms with Gasteiger partial charge in [0.25, 0.3) is 0 Å². The van der Waals surface area contributed by atoms with Gasteiger partial charge in [0.15, 0.2) is 0 Å². The molecule has 4 N–H and O–H groups in total. The number of rotatable bonds is 16. The summed E-state index contributed by atoms with van der Waals surface area (Å²) in [6.07, 6.45) is 1.88. The van der Waals surface area contributed by atoms with Crippen LogP contribution in [0.5, 0.6) is 0 Å². The molecule has 2 rings (SSSR count). The molecule has 0 aliphatic rings. The van der Waals surface area contributed by atoms with Crippen LogP contribution in [0.25, 0.3) is 0 Å². The fraction of sp³-hybridized carbons (Fsp3) is 0.462. The molecular weight excluding hydrogens is 492 g/mol. The van der Waals surface area contributed by atoms with Crippen molar-refractivity contribution in [2.75, 3.05) is 78.1 Å². The van der Waals surface area contributed by atoms with Gasteiger partial charge in [0.05, 0.1) is 22.9 Å². The molecule has 37 heavy (non-hydrogen) atoms. The van der Waals surface area contributed by atoms with Gasteiger partial charge in [-0.15, -0.1) is 0 Å². The Balaban J connectivity index is 1.84. The molecule has 10 nitrogen and oxygen atoms in total. The highest BCUT2D eigenvalue weighted by atomic mass is 32.2. The predicted octanol–water partition coefficient (Wildman–Crippen LogP) is 1.48. The average Bonchev–Trinajstić information content (AvgIpc) is 2.84. The summed E-state index contributed by atoms with van der Waals surface area (Å²) in [6.45, 7) is 3.72. The minimum atomic E-state index is -3.74. The molecule has 0 unspecified atom stereocenters. The van der Waals surface area contributed by atoms with Gasteiger partial charge >= 0.3 is 0 Å². The van der Waals surface area contributed by atoms with Gasteiger partial charge in [-0.25, -0.2) is 8.42 Å². The largest absolute Gasteiger partial charge is 0.325 e. The molecule has 0 fully saturated rings. The first kappa shape index (κ1) is 30.4. The van der Waals surface area contributed by atoms with Crippen LogP contribution in [0.1, 0.15) is 12.8 Å². The normalized spacial score (nSPS) is 11.6. The van der Waals surface area contributed by atoms with Crippen molar-refractivity contribution in [2.24, 2.45) is 0 Å². The van der Waals surface area contributed by atoms with Gasteiger partial charge < -0.3 is 31.1 Å². The molecule has 0 spiro atoms. The number of carbonyl (C=O) groups is 2. The smallest absolute Gasteiger partial charge is 0.238 e. The first-order valence-corrected chi connectivity index (χ1v) is 13.8. The standard InChI is InChI=1S/C26H40N6O4S/c1-31(2)17-5-15-27-19-25(33)29-21-7-11-23(12-8-21)37(35,36)24-13-9-22(10-14-24)30-26(34)20-28-16-6-18-32(3)4/h7-14,27-28H,5-6,15-20H2,1-4H3,(H,29,33)(H,30,34). The van der Waals surface area contributed by atoms with Crippen LogP contribution in [0.2, 0.25) is 0 Å². The van der Waals surface area contributed by atoms with E-state index in [0.29, 0.717) is 11.4 Å².